The molecule has 156 valence electrons. The molecule has 0 atom stereocenters. The number of carbonyl (C=O) groups excluding carboxylic acids is 2. The average molecular weight is 463 g/mol. The number of carbonyl (C=O) groups is 2. The normalized spacial score (nSPS) is 11.0. The van der Waals surface area contributed by atoms with E-state index in [2.05, 4.69) is 47.6 Å². The molecule has 7 heteroatoms. The highest BCUT2D eigenvalue weighted by molar-refractivity contribution is 9.10. The molecule has 0 unspecified atom stereocenters. The molecule has 0 aromatic heterocycles. The fourth-order valence-electron chi connectivity index (χ4n) is 2.60. The van der Waals surface area contributed by atoms with Gasteiger partial charge in [-0.2, -0.15) is 0 Å². The van der Waals surface area contributed by atoms with Crippen LogP contribution in [-0.2, 0) is 15.0 Å². The van der Waals surface area contributed by atoms with Gasteiger partial charge in [-0.3, -0.25) is 20.4 Å². The molecule has 0 aliphatic heterocycles. The Balaban J connectivity index is 1.76. The van der Waals surface area contributed by atoms with Crippen LogP contribution in [0, 0.1) is 13.8 Å². The van der Waals surface area contributed by atoms with Gasteiger partial charge in [-0.25, -0.2) is 0 Å². The third-order valence-electron chi connectivity index (χ3n) is 4.06. The van der Waals surface area contributed by atoms with E-state index in [1.54, 1.807) is 0 Å². The molecule has 29 heavy (non-hydrogen) atoms. The van der Waals surface area contributed by atoms with Gasteiger partial charge in [0.1, 0.15) is 11.5 Å². The van der Waals surface area contributed by atoms with E-state index in [1.807, 2.05) is 50.2 Å². The van der Waals surface area contributed by atoms with Gasteiger partial charge in [0.2, 0.25) is 0 Å². The third-order valence-corrected chi connectivity index (χ3v) is 4.68. The van der Waals surface area contributed by atoms with Gasteiger partial charge in [-0.05, 0) is 76.1 Å². The standard InChI is InChI=1S/C22H27BrN2O4/c1-14-8-15(2)10-17(9-14)28-12-20(26)24-25-21(27)13-29-19-7-6-16(11-18(19)23)22(3,4)5/h6-11H,12-13H2,1-5H3,(H,24,26)(H,25,27). The second-order valence-electron chi connectivity index (χ2n) is 7.89. The molecule has 2 rings (SSSR count). The zero-order valence-corrected chi connectivity index (χ0v) is 19.0. The van der Waals surface area contributed by atoms with Crippen molar-refractivity contribution in [2.24, 2.45) is 0 Å². The van der Waals surface area contributed by atoms with Crippen LogP contribution < -0.4 is 20.3 Å². The van der Waals surface area contributed by atoms with Crippen molar-refractivity contribution in [3.05, 3.63) is 57.6 Å². The van der Waals surface area contributed by atoms with Crippen molar-refractivity contribution in [3.8, 4) is 11.5 Å². The summed E-state index contributed by atoms with van der Waals surface area (Å²) < 4.78 is 11.7. The van der Waals surface area contributed by atoms with E-state index in [0.29, 0.717) is 11.5 Å². The van der Waals surface area contributed by atoms with Crippen molar-refractivity contribution in [3.63, 3.8) is 0 Å². The van der Waals surface area contributed by atoms with Gasteiger partial charge >= 0.3 is 0 Å². The van der Waals surface area contributed by atoms with Gasteiger partial charge in [-0.15, -0.1) is 0 Å². The summed E-state index contributed by atoms with van der Waals surface area (Å²) in [5, 5.41) is 0. The van der Waals surface area contributed by atoms with E-state index in [4.69, 9.17) is 9.47 Å². The summed E-state index contributed by atoms with van der Waals surface area (Å²) in [5.74, 6) is 0.221. The first kappa shape index (κ1) is 22.7. The van der Waals surface area contributed by atoms with E-state index < -0.39 is 11.8 Å². The fourth-order valence-corrected chi connectivity index (χ4v) is 3.10. The minimum absolute atomic E-state index is 0.0158. The summed E-state index contributed by atoms with van der Waals surface area (Å²) in [7, 11) is 0. The number of benzene rings is 2. The van der Waals surface area contributed by atoms with Crippen molar-refractivity contribution < 1.29 is 19.1 Å². The minimum atomic E-state index is -0.475. The molecular formula is C22H27BrN2O4. The molecule has 0 heterocycles. The van der Waals surface area contributed by atoms with E-state index in [1.165, 1.54) is 0 Å². The number of aryl methyl sites for hydroxylation is 2. The number of nitrogens with one attached hydrogen (secondary N) is 2. The lowest BCUT2D eigenvalue weighted by atomic mass is 9.87. The highest BCUT2D eigenvalue weighted by atomic mass is 79.9. The predicted molar refractivity (Wildman–Crippen MR) is 116 cm³/mol. The largest absolute Gasteiger partial charge is 0.484 e. The summed E-state index contributed by atoms with van der Waals surface area (Å²) in [4.78, 5) is 23.8. The Morgan fingerprint density at radius 2 is 1.45 bits per heavy atom. The Kier molecular flexibility index (Phi) is 7.67. The lowest BCUT2D eigenvalue weighted by Gasteiger charge is -2.20. The van der Waals surface area contributed by atoms with Crippen LogP contribution in [0.4, 0.5) is 0 Å². The molecule has 6 nitrogen and oxygen atoms in total. The maximum absolute atomic E-state index is 11.9. The molecular weight excluding hydrogens is 436 g/mol. The lowest BCUT2D eigenvalue weighted by Crippen LogP contribution is -2.45. The van der Waals surface area contributed by atoms with Gasteiger partial charge in [0.05, 0.1) is 4.47 Å². The Bertz CT molecular complexity index is 871. The Labute approximate surface area is 180 Å². The number of ether oxygens (including phenoxy) is 2. The molecule has 0 fully saturated rings. The molecule has 2 aromatic rings. The molecule has 2 amide bonds. The number of halogens is 1. The zero-order chi connectivity index (χ0) is 21.6. The maximum atomic E-state index is 11.9. The first-order chi connectivity index (χ1) is 13.5. The lowest BCUT2D eigenvalue weighted by molar-refractivity contribution is -0.131. The van der Waals surface area contributed by atoms with Gasteiger partial charge in [-0.1, -0.05) is 32.9 Å². The van der Waals surface area contributed by atoms with Crippen molar-refractivity contribution in [2.75, 3.05) is 13.2 Å². The first-order valence-corrected chi connectivity index (χ1v) is 10.1. The molecule has 0 bridgehead atoms. The van der Waals surface area contributed by atoms with Crippen molar-refractivity contribution in [1.82, 2.24) is 10.9 Å². The van der Waals surface area contributed by atoms with E-state index in [9.17, 15) is 9.59 Å². The van der Waals surface area contributed by atoms with Crippen molar-refractivity contribution in [2.45, 2.75) is 40.0 Å². The second-order valence-corrected chi connectivity index (χ2v) is 8.75. The summed E-state index contributed by atoms with van der Waals surface area (Å²) in [6.07, 6.45) is 0. The van der Waals surface area contributed by atoms with Crippen LogP contribution in [0.3, 0.4) is 0 Å². The predicted octanol–water partition coefficient (Wildman–Crippen LogP) is 3.97. The molecule has 0 aliphatic carbocycles. The Morgan fingerprint density at radius 1 is 0.897 bits per heavy atom. The Hall–Kier alpha value is -2.54. The highest BCUT2D eigenvalue weighted by Gasteiger charge is 2.16. The second kappa shape index (κ2) is 9.78. The zero-order valence-electron chi connectivity index (χ0n) is 17.4. The van der Waals surface area contributed by atoms with Gasteiger partial charge in [0, 0.05) is 0 Å². The van der Waals surface area contributed by atoms with E-state index >= 15 is 0 Å². The van der Waals surface area contributed by atoms with Gasteiger partial charge in [0.25, 0.3) is 11.8 Å². The Morgan fingerprint density at radius 3 is 1.97 bits per heavy atom. The summed E-state index contributed by atoms with van der Waals surface area (Å²) in [6.45, 7) is 9.83. The van der Waals surface area contributed by atoms with Crippen LogP contribution in [0.2, 0.25) is 0 Å². The average Bonchev–Trinajstić information content (AvgIpc) is 2.62. The van der Waals surface area contributed by atoms with Crippen molar-refractivity contribution >= 4 is 27.7 Å². The molecule has 2 N–H and O–H groups in total. The van der Waals surface area contributed by atoms with Crippen LogP contribution in [0.25, 0.3) is 0 Å². The van der Waals surface area contributed by atoms with Crippen LogP contribution in [-0.4, -0.2) is 25.0 Å². The summed E-state index contributed by atoms with van der Waals surface area (Å²) in [5.41, 5.74) is 7.88. The van der Waals surface area contributed by atoms with Gasteiger partial charge < -0.3 is 9.47 Å². The topological polar surface area (TPSA) is 76.7 Å². The first-order valence-electron chi connectivity index (χ1n) is 9.26. The van der Waals surface area contributed by atoms with Crippen LogP contribution >= 0.6 is 15.9 Å². The number of hydrogen-bond acceptors (Lipinski definition) is 4. The smallest absolute Gasteiger partial charge is 0.276 e. The SMILES string of the molecule is Cc1cc(C)cc(OCC(=O)NNC(=O)COc2ccc(C(C)(C)C)cc2Br)c1. The highest BCUT2D eigenvalue weighted by Crippen LogP contribution is 2.31. The fraction of sp³-hybridized carbons (Fsp3) is 0.364. The number of rotatable bonds is 6. The van der Waals surface area contributed by atoms with Crippen LogP contribution in [0.5, 0.6) is 11.5 Å². The molecule has 2 aromatic carbocycles. The quantitative estimate of drug-likeness (QED) is 0.636. The third kappa shape index (κ3) is 7.42. The van der Waals surface area contributed by atoms with Crippen LogP contribution in [0.15, 0.2) is 40.9 Å². The summed E-state index contributed by atoms with van der Waals surface area (Å²) in [6, 6.07) is 11.4. The van der Waals surface area contributed by atoms with E-state index in [0.717, 1.165) is 21.2 Å². The molecule has 0 radical (unpaired) electrons. The van der Waals surface area contributed by atoms with Crippen molar-refractivity contribution in [1.29, 1.82) is 0 Å². The molecule has 0 saturated carbocycles. The summed E-state index contributed by atoms with van der Waals surface area (Å²) >= 11 is 3.46. The number of hydrogen-bond donors (Lipinski definition) is 2. The monoisotopic (exact) mass is 462 g/mol. The number of amides is 2. The van der Waals surface area contributed by atoms with E-state index in [-0.39, 0.29) is 18.6 Å². The molecule has 0 spiro atoms. The van der Waals surface area contributed by atoms with Gasteiger partial charge in [0.15, 0.2) is 13.2 Å². The molecule has 0 saturated heterocycles. The minimum Gasteiger partial charge on any atom is -0.484 e. The maximum Gasteiger partial charge on any atom is 0.276 e. The number of hydrazine groups is 1. The van der Waals surface area contributed by atoms with Crippen LogP contribution in [0.1, 0.15) is 37.5 Å². The molecule has 0 aliphatic rings.